The molecule has 4 nitrogen and oxygen atoms in total. The molecule has 1 N–H and O–H groups in total. The van der Waals surface area contributed by atoms with Crippen LogP contribution in [0.4, 0.5) is 0 Å². The van der Waals surface area contributed by atoms with Gasteiger partial charge in [-0.1, -0.05) is 0 Å². The third-order valence-electron chi connectivity index (χ3n) is 5.31. The van der Waals surface area contributed by atoms with Crippen LogP contribution in [0.25, 0.3) is 0 Å². The Balaban J connectivity index is 1.83. The van der Waals surface area contributed by atoms with Gasteiger partial charge in [0.1, 0.15) is 12.3 Å². The predicted octanol–water partition coefficient (Wildman–Crippen LogP) is 3.15. The first kappa shape index (κ1) is 13.7. The number of allylic oxidation sites excluding steroid dienone is 2. The first-order valence-corrected chi connectivity index (χ1v) is 8.01. The van der Waals surface area contributed by atoms with Gasteiger partial charge in [-0.2, -0.15) is 0 Å². The predicted molar refractivity (Wildman–Crippen MR) is 84.2 cm³/mol. The second-order valence-corrected chi connectivity index (χ2v) is 6.28. The van der Waals surface area contributed by atoms with Crippen molar-refractivity contribution in [2.75, 3.05) is 20.8 Å². The van der Waals surface area contributed by atoms with Crippen LogP contribution in [0.2, 0.25) is 0 Å². The van der Waals surface area contributed by atoms with E-state index in [9.17, 15) is 5.11 Å². The largest absolute Gasteiger partial charge is 0.512 e. The molecule has 1 aromatic carbocycles. The maximum absolute atomic E-state index is 10.1. The highest BCUT2D eigenvalue weighted by Gasteiger charge is 2.41. The summed E-state index contributed by atoms with van der Waals surface area (Å²) in [7, 11) is 3.38. The quantitative estimate of drug-likeness (QED) is 0.853. The minimum atomic E-state index is 0.410. The van der Waals surface area contributed by atoms with Crippen LogP contribution in [0, 0.1) is 0 Å². The molecule has 1 aromatic rings. The van der Waals surface area contributed by atoms with Crippen LogP contribution in [-0.4, -0.2) is 36.2 Å². The second kappa shape index (κ2) is 5.04. The summed E-state index contributed by atoms with van der Waals surface area (Å²) in [6.45, 7) is 1.03. The van der Waals surface area contributed by atoms with Gasteiger partial charge in [0.15, 0.2) is 23.3 Å². The van der Waals surface area contributed by atoms with E-state index in [2.05, 4.69) is 16.7 Å². The van der Waals surface area contributed by atoms with Gasteiger partial charge in [-0.25, -0.2) is 4.58 Å². The Morgan fingerprint density at radius 1 is 1.05 bits per heavy atom. The SMILES string of the molecule is COc1cc2c(cc1OC)[C@H]1CCC3=C(O)CCC3=[N+]1CC2. The van der Waals surface area contributed by atoms with Crippen molar-refractivity contribution >= 4 is 5.71 Å². The summed E-state index contributed by atoms with van der Waals surface area (Å²) in [5, 5.41) is 10.1. The van der Waals surface area contributed by atoms with Crippen LogP contribution in [0.5, 0.6) is 11.5 Å². The number of aliphatic hydroxyl groups is 1. The number of nitrogens with zero attached hydrogens (tertiary/aromatic N) is 1. The van der Waals surface area contributed by atoms with Gasteiger partial charge in [0.25, 0.3) is 0 Å². The molecule has 0 bridgehead atoms. The molecule has 2 aliphatic heterocycles. The van der Waals surface area contributed by atoms with Gasteiger partial charge in [-0.05, 0) is 24.1 Å². The molecule has 4 rings (SSSR count). The highest BCUT2D eigenvalue weighted by atomic mass is 16.5. The standard InChI is InChI=1S/C18H21NO3/c1-21-17-9-11-7-8-19-14-5-6-16(20)12(14)3-4-15(19)13(11)10-18(17)22-2/h9-10,15H,3-8H2,1-2H3/p+1/t15-/m1/s1. The molecule has 1 atom stereocenters. The molecule has 3 aliphatic rings. The van der Waals surface area contributed by atoms with Crippen molar-refractivity contribution in [3.63, 3.8) is 0 Å². The van der Waals surface area contributed by atoms with Crippen molar-refractivity contribution in [2.24, 2.45) is 0 Å². The number of hydrogen-bond donors (Lipinski definition) is 1. The summed E-state index contributed by atoms with van der Waals surface area (Å²) >= 11 is 0. The lowest BCUT2D eigenvalue weighted by Crippen LogP contribution is -2.35. The number of hydrogen-bond acceptors (Lipinski definition) is 3. The Hall–Kier alpha value is -1.97. The van der Waals surface area contributed by atoms with Gasteiger partial charge < -0.3 is 14.6 Å². The van der Waals surface area contributed by atoms with E-state index in [0.29, 0.717) is 11.8 Å². The number of methoxy groups -OCH3 is 2. The van der Waals surface area contributed by atoms with Crippen LogP contribution >= 0.6 is 0 Å². The molecule has 22 heavy (non-hydrogen) atoms. The molecular formula is C18H22NO3+. The molecule has 1 aliphatic carbocycles. The molecule has 0 radical (unpaired) electrons. The highest BCUT2D eigenvalue weighted by molar-refractivity contribution is 5.99. The first-order valence-electron chi connectivity index (χ1n) is 8.01. The lowest BCUT2D eigenvalue weighted by Gasteiger charge is -2.30. The lowest BCUT2D eigenvalue weighted by atomic mass is 9.85. The fourth-order valence-corrected chi connectivity index (χ4v) is 4.25. The zero-order valence-electron chi connectivity index (χ0n) is 13.2. The number of aliphatic hydroxyl groups excluding tert-OH is 1. The van der Waals surface area contributed by atoms with E-state index in [-0.39, 0.29) is 0 Å². The van der Waals surface area contributed by atoms with Crippen molar-refractivity contribution < 1.29 is 19.2 Å². The maximum Gasteiger partial charge on any atom is 0.183 e. The minimum absolute atomic E-state index is 0.410. The van der Waals surface area contributed by atoms with E-state index in [4.69, 9.17) is 9.47 Å². The summed E-state index contributed by atoms with van der Waals surface area (Å²) in [4.78, 5) is 0. The minimum Gasteiger partial charge on any atom is -0.512 e. The second-order valence-electron chi connectivity index (χ2n) is 6.28. The monoisotopic (exact) mass is 300 g/mol. The Labute approximate surface area is 130 Å². The molecular weight excluding hydrogens is 278 g/mol. The summed E-state index contributed by atoms with van der Waals surface area (Å²) in [6.07, 6.45) is 4.86. The summed E-state index contributed by atoms with van der Waals surface area (Å²) in [5.74, 6) is 2.24. The average Bonchev–Trinajstić information content (AvgIpc) is 2.94. The number of fused-ring (bicyclic) bond motifs is 4. The van der Waals surface area contributed by atoms with Crippen LogP contribution in [0.1, 0.15) is 42.9 Å². The molecule has 116 valence electrons. The van der Waals surface area contributed by atoms with Crippen LogP contribution in [-0.2, 0) is 6.42 Å². The van der Waals surface area contributed by atoms with Gasteiger partial charge >= 0.3 is 0 Å². The zero-order chi connectivity index (χ0) is 15.3. The summed E-state index contributed by atoms with van der Waals surface area (Å²) in [6, 6.07) is 4.69. The van der Waals surface area contributed by atoms with E-state index < -0.39 is 0 Å². The van der Waals surface area contributed by atoms with E-state index >= 15 is 0 Å². The molecule has 0 fully saturated rings. The molecule has 0 saturated heterocycles. The molecule has 0 aromatic heterocycles. The van der Waals surface area contributed by atoms with Crippen molar-refractivity contribution in [1.29, 1.82) is 0 Å². The maximum atomic E-state index is 10.1. The van der Waals surface area contributed by atoms with Gasteiger partial charge in [0.2, 0.25) is 0 Å². The first-order chi connectivity index (χ1) is 10.7. The number of benzene rings is 1. The molecule has 0 saturated carbocycles. The summed E-state index contributed by atoms with van der Waals surface area (Å²) in [5.41, 5.74) is 5.31. The summed E-state index contributed by atoms with van der Waals surface area (Å²) < 4.78 is 13.4. The molecule has 4 heteroatoms. The Morgan fingerprint density at radius 2 is 1.82 bits per heavy atom. The zero-order valence-corrected chi connectivity index (χ0v) is 13.2. The van der Waals surface area contributed by atoms with Crippen molar-refractivity contribution in [2.45, 2.75) is 38.1 Å². The molecule has 0 unspecified atom stereocenters. The molecule has 2 heterocycles. The smallest absolute Gasteiger partial charge is 0.183 e. The van der Waals surface area contributed by atoms with E-state index in [1.165, 1.54) is 22.4 Å². The Bertz CT molecular complexity index is 703. The van der Waals surface area contributed by atoms with Crippen molar-refractivity contribution in [1.82, 2.24) is 0 Å². The van der Waals surface area contributed by atoms with Crippen molar-refractivity contribution in [3.8, 4) is 11.5 Å². The van der Waals surface area contributed by atoms with E-state index in [0.717, 1.165) is 50.1 Å². The lowest BCUT2D eigenvalue weighted by molar-refractivity contribution is -0.580. The molecule has 0 amide bonds. The van der Waals surface area contributed by atoms with Crippen LogP contribution in [0.15, 0.2) is 23.5 Å². The Kier molecular flexibility index (Phi) is 3.13. The fourth-order valence-electron chi connectivity index (χ4n) is 4.25. The van der Waals surface area contributed by atoms with Gasteiger partial charge in [0.05, 0.1) is 19.8 Å². The van der Waals surface area contributed by atoms with Crippen molar-refractivity contribution in [3.05, 3.63) is 34.6 Å². The number of rotatable bonds is 2. The Morgan fingerprint density at radius 3 is 2.59 bits per heavy atom. The third-order valence-corrected chi connectivity index (χ3v) is 5.31. The van der Waals surface area contributed by atoms with Crippen LogP contribution < -0.4 is 9.47 Å². The van der Waals surface area contributed by atoms with E-state index in [1.807, 2.05) is 0 Å². The van der Waals surface area contributed by atoms with Crippen LogP contribution in [0.3, 0.4) is 0 Å². The average molecular weight is 300 g/mol. The normalized spacial score (nSPS) is 23.1. The van der Waals surface area contributed by atoms with Gasteiger partial charge in [0, 0.05) is 31.2 Å². The number of ether oxygens (including phenoxy) is 2. The van der Waals surface area contributed by atoms with Gasteiger partial charge in [-0.15, -0.1) is 0 Å². The van der Waals surface area contributed by atoms with E-state index in [1.54, 1.807) is 14.2 Å². The topological polar surface area (TPSA) is 41.7 Å². The molecule has 0 spiro atoms. The third kappa shape index (κ3) is 1.86. The fraction of sp³-hybridized carbons (Fsp3) is 0.500. The van der Waals surface area contributed by atoms with Gasteiger partial charge in [-0.3, -0.25) is 0 Å². The highest BCUT2D eigenvalue weighted by Crippen LogP contribution is 2.43.